The van der Waals surface area contributed by atoms with Crippen LogP contribution in [0.15, 0.2) is 41.4 Å². The van der Waals surface area contributed by atoms with E-state index in [-0.39, 0.29) is 16.8 Å². The Balaban J connectivity index is 1.68. The van der Waals surface area contributed by atoms with Gasteiger partial charge in [-0.1, -0.05) is 6.07 Å². The van der Waals surface area contributed by atoms with Crippen LogP contribution < -0.4 is 5.32 Å². The average Bonchev–Trinajstić information content (AvgIpc) is 3.06. The highest BCUT2D eigenvalue weighted by atomic mass is 32.2. The van der Waals surface area contributed by atoms with Gasteiger partial charge >= 0.3 is 6.03 Å². The zero-order valence-electron chi connectivity index (χ0n) is 16.2. The SMILES string of the molecule is Cn1nccc1NC(=O)N1CCC(C(C)(C)S(=O)(=O)c2cccc(F)c2)CC1. The van der Waals surface area contributed by atoms with E-state index in [9.17, 15) is 17.6 Å². The predicted molar refractivity (Wildman–Crippen MR) is 104 cm³/mol. The molecular weight excluding hydrogens is 383 g/mol. The molecule has 1 aromatic carbocycles. The van der Waals surface area contributed by atoms with E-state index in [2.05, 4.69) is 10.4 Å². The van der Waals surface area contributed by atoms with Crippen molar-refractivity contribution in [1.29, 1.82) is 0 Å². The molecule has 1 aliphatic rings. The lowest BCUT2D eigenvalue weighted by atomic mass is 9.86. The molecule has 3 rings (SSSR count). The first-order valence-electron chi connectivity index (χ1n) is 9.17. The van der Waals surface area contributed by atoms with Gasteiger partial charge in [0, 0.05) is 26.2 Å². The maximum Gasteiger partial charge on any atom is 0.322 e. The van der Waals surface area contributed by atoms with Gasteiger partial charge in [0.1, 0.15) is 11.6 Å². The normalized spacial score (nSPS) is 16.2. The van der Waals surface area contributed by atoms with Crippen LogP contribution in [0.5, 0.6) is 0 Å². The van der Waals surface area contributed by atoms with E-state index < -0.39 is 20.4 Å². The van der Waals surface area contributed by atoms with Gasteiger partial charge in [0.05, 0.1) is 15.8 Å². The van der Waals surface area contributed by atoms with Gasteiger partial charge in [-0.15, -0.1) is 0 Å². The van der Waals surface area contributed by atoms with Crippen LogP contribution >= 0.6 is 0 Å². The summed E-state index contributed by atoms with van der Waals surface area (Å²) in [5.41, 5.74) is 0. The summed E-state index contributed by atoms with van der Waals surface area (Å²) in [5.74, 6) is -0.110. The third-order valence-corrected chi connectivity index (χ3v) is 8.21. The second-order valence-electron chi connectivity index (χ2n) is 7.60. The van der Waals surface area contributed by atoms with E-state index >= 15 is 0 Å². The lowest BCUT2D eigenvalue weighted by Gasteiger charge is -2.40. The first-order valence-corrected chi connectivity index (χ1v) is 10.7. The van der Waals surface area contributed by atoms with Crippen LogP contribution in [0.1, 0.15) is 26.7 Å². The number of nitrogens with zero attached hydrogens (tertiary/aromatic N) is 3. The van der Waals surface area contributed by atoms with Gasteiger partial charge in [-0.05, 0) is 50.8 Å². The Bertz CT molecular complexity index is 963. The molecule has 0 saturated carbocycles. The van der Waals surface area contributed by atoms with Crippen LogP contribution in [0.4, 0.5) is 15.0 Å². The number of halogens is 1. The molecule has 1 N–H and O–H groups in total. The largest absolute Gasteiger partial charge is 0.324 e. The third-order valence-electron chi connectivity index (χ3n) is 5.62. The number of rotatable bonds is 4. The van der Waals surface area contributed by atoms with Crippen LogP contribution in [0.25, 0.3) is 0 Å². The molecule has 9 heteroatoms. The second kappa shape index (κ2) is 7.54. The molecular formula is C19H25FN4O3S. The van der Waals surface area contributed by atoms with Crippen LogP contribution in [-0.2, 0) is 16.9 Å². The molecule has 2 amide bonds. The fraction of sp³-hybridized carbons (Fsp3) is 0.474. The number of nitrogens with one attached hydrogen (secondary N) is 1. The number of hydrogen-bond acceptors (Lipinski definition) is 4. The number of benzene rings is 1. The summed E-state index contributed by atoms with van der Waals surface area (Å²) < 4.78 is 40.2. The fourth-order valence-corrected chi connectivity index (χ4v) is 5.43. The molecule has 2 aromatic rings. The van der Waals surface area contributed by atoms with Gasteiger partial charge in [-0.2, -0.15) is 5.10 Å². The predicted octanol–water partition coefficient (Wildman–Crippen LogP) is 3.06. The Kier molecular flexibility index (Phi) is 5.47. The topological polar surface area (TPSA) is 84.3 Å². The van der Waals surface area contributed by atoms with Crippen molar-refractivity contribution in [2.24, 2.45) is 13.0 Å². The summed E-state index contributed by atoms with van der Waals surface area (Å²) in [7, 11) is -1.98. The molecule has 0 bridgehead atoms. The highest BCUT2D eigenvalue weighted by Gasteiger charge is 2.44. The highest BCUT2D eigenvalue weighted by Crippen LogP contribution is 2.38. The number of anilines is 1. The van der Waals surface area contributed by atoms with Gasteiger partial charge in [0.15, 0.2) is 9.84 Å². The minimum atomic E-state index is -3.72. The molecule has 1 aliphatic heterocycles. The fourth-order valence-electron chi connectivity index (χ4n) is 3.62. The standard InChI is InChI=1S/C19H25FN4O3S/c1-19(2,28(26,27)16-6-4-5-15(20)13-16)14-8-11-24(12-9-14)18(25)22-17-7-10-21-23(17)3/h4-7,10,13-14H,8-9,11-12H2,1-3H3,(H,22,25). The quantitative estimate of drug-likeness (QED) is 0.843. The van der Waals surface area contributed by atoms with Crippen molar-refractivity contribution in [2.45, 2.75) is 36.3 Å². The smallest absolute Gasteiger partial charge is 0.322 e. The van der Waals surface area contributed by atoms with Crippen molar-refractivity contribution in [2.75, 3.05) is 18.4 Å². The van der Waals surface area contributed by atoms with Gasteiger partial charge < -0.3 is 4.90 Å². The summed E-state index contributed by atoms with van der Waals surface area (Å²) in [6, 6.07) is 6.60. The molecule has 1 saturated heterocycles. The third kappa shape index (κ3) is 3.76. The Labute approximate surface area is 164 Å². The molecule has 7 nitrogen and oxygen atoms in total. The van der Waals surface area contributed by atoms with E-state index in [4.69, 9.17) is 0 Å². The average molecular weight is 408 g/mol. The second-order valence-corrected chi connectivity index (χ2v) is 10.1. The molecule has 0 atom stereocenters. The number of piperidine rings is 1. The number of likely N-dealkylation sites (tertiary alicyclic amines) is 1. The Morgan fingerprint density at radius 2 is 1.93 bits per heavy atom. The number of carbonyl (C=O) groups is 1. The maximum absolute atomic E-state index is 13.5. The van der Waals surface area contributed by atoms with Crippen molar-refractivity contribution >= 4 is 21.7 Å². The lowest BCUT2D eigenvalue weighted by Crippen LogP contribution is -2.48. The molecule has 1 fully saturated rings. The molecule has 152 valence electrons. The summed E-state index contributed by atoms with van der Waals surface area (Å²) in [6.45, 7) is 4.28. The van der Waals surface area contributed by atoms with Crippen LogP contribution in [-0.4, -0.2) is 47.0 Å². The molecule has 0 spiro atoms. The lowest BCUT2D eigenvalue weighted by molar-refractivity contribution is 0.171. The Morgan fingerprint density at radius 1 is 1.25 bits per heavy atom. The van der Waals surface area contributed by atoms with E-state index in [0.717, 1.165) is 6.07 Å². The van der Waals surface area contributed by atoms with Crippen molar-refractivity contribution < 1.29 is 17.6 Å². The number of sulfone groups is 1. The molecule has 1 aromatic heterocycles. The van der Waals surface area contributed by atoms with Gasteiger partial charge in [-0.25, -0.2) is 17.6 Å². The minimum Gasteiger partial charge on any atom is -0.324 e. The van der Waals surface area contributed by atoms with Crippen molar-refractivity contribution in [3.8, 4) is 0 Å². The van der Waals surface area contributed by atoms with E-state index in [1.165, 1.54) is 18.2 Å². The monoisotopic (exact) mass is 408 g/mol. The molecule has 2 heterocycles. The van der Waals surface area contributed by atoms with Crippen molar-refractivity contribution in [3.63, 3.8) is 0 Å². The van der Waals surface area contributed by atoms with E-state index in [0.29, 0.717) is 31.7 Å². The first kappa shape index (κ1) is 20.3. The van der Waals surface area contributed by atoms with Crippen LogP contribution in [0, 0.1) is 11.7 Å². The molecule has 28 heavy (non-hydrogen) atoms. The van der Waals surface area contributed by atoms with Gasteiger partial charge in [-0.3, -0.25) is 10.00 Å². The first-order chi connectivity index (χ1) is 13.1. The minimum absolute atomic E-state index is 0.00567. The van der Waals surface area contributed by atoms with Gasteiger partial charge in [0.2, 0.25) is 0 Å². The zero-order valence-corrected chi connectivity index (χ0v) is 17.0. The Hall–Kier alpha value is -2.42. The van der Waals surface area contributed by atoms with E-state index in [1.807, 2.05) is 0 Å². The summed E-state index contributed by atoms with van der Waals surface area (Å²) in [5, 5.41) is 6.81. The number of aryl methyl sites for hydroxylation is 1. The highest BCUT2D eigenvalue weighted by molar-refractivity contribution is 7.92. The molecule has 0 radical (unpaired) electrons. The van der Waals surface area contributed by atoms with Crippen LogP contribution in [0.2, 0.25) is 0 Å². The number of carbonyl (C=O) groups excluding carboxylic acids is 1. The van der Waals surface area contributed by atoms with Crippen molar-refractivity contribution in [3.05, 3.63) is 42.3 Å². The number of aromatic nitrogens is 2. The molecule has 0 aliphatic carbocycles. The van der Waals surface area contributed by atoms with E-state index in [1.54, 1.807) is 42.7 Å². The van der Waals surface area contributed by atoms with Gasteiger partial charge in [0.25, 0.3) is 0 Å². The number of hydrogen-bond donors (Lipinski definition) is 1. The number of urea groups is 1. The summed E-state index contributed by atoms with van der Waals surface area (Å²) >= 11 is 0. The van der Waals surface area contributed by atoms with Crippen LogP contribution in [0.3, 0.4) is 0 Å². The summed E-state index contributed by atoms with van der Waals surface area (Å²) in [4.78, 5) is 14.1. The maximum atomic E-state index is 13.5. The molecule has 0 unspecified atom stereocenters. The Morgan fingerprint density at radius 3 is 2.50 bits per heavy atom. The summed E-state index contributed by atoms with van der Waals surface area (Å²) in [6.07, 6.45) is 2.71. The number of amides is 2. The van der Waals surface area contributed by atoms with Crippen molar-refractivity contribution in [1.82, 2.24) is 14.7 Å². The zero-order chi connectivity index (χ0) is 20.5.